The highest BCUT2D eigenvalue weighted by Crippen LogP contribution is 2.33. The molecule has 0 fully saturated rings. The van der Waals surface area contributed by atoms with E-state index in [4.69, 9.17) is 0 Å². The van der Waals surface area contributed by atoms with Gasteiger partial charge in [-0.3, -0.25) is 0 Å². The Morgan fingerprint density at radius 3 is 2.29 bits per heavy atom. The smallest absolute Gasteiger partial charge is 0.00748 e. The molecule has 1 unspecified atom stereocenters. The van der Waals surface area contributed by atoms with Gasteiger partial charge < -0.3 is 0 Å². The van der Waals surface area contributed by atoms with Crippen LogP contribution in [0.1, 0.15) is 31.9 Å². The van der Waals surface area contributed by atoms with Gasteiger partial charge in [0, 0.05) is 16.0 Å². The van der Waals surface area contributed by atoms with E-state index in [0.717, 1.165) is 5.33 Å². The topological polar surface area (TPSA) is 0 Å². The van der Waals surface area contributed by atoms with Crippen LogP contribution in [-0.2, 0) is 0 Å². The summed E-state index contributed by atoms with van der Waals surface area (Å²) in [4.78, 5) is 1.39. The normalized spacial score (nSPS) is 13.8. The van der Waals surface area contributed by atoms with Gasteiger partial charge in [0.1, 0.15) is 0 Å². The monoisotopic (exact) mass is 314 g/mol. The Balaban J connectivity index is 2.63. The molecule has 0 aliphatic heterocycles. The summed E-state index contributed by atoms with van der Waals surface area (Å²) in [5.74, 6) is 1.88. The van der Waals surface area contributed by atoms with Gasteiger partial charge in [-0.25, -0.2) is 0 Å². The Labute approximate surface area is 119 Å². The number of rotatable bonds is 4. The van der Waals surface area contributed by atoms with Gasteiger partial charge in [0.2, 0.25) is 0 Å². The summed E-state index contributed by atoms with van der Waals surface area (Å²) in [5.41, 5.74) is 3.14. The second kappa shape index (κ2) is 6.29. The summed E-state index contributed by atoms with van der Waals surface area (Å²) < 4.78 is 0. The average molecular weight is 315 g/mol. The number of aryl methyl sites for hydroxylation is 2. The van der Waals surface area contributed by atoms with E-state index in [-0.39, 0.29) is 0 Å². The Morgan fingerprint density at radius 1 is 1.18 bits per heavy atom. The number of alkyl halides is 1. The van der Waals surface area contributed by atoms with Crippen LogP contribution in [0.3, 0.4) is 0 Å². The van der Waals surface area contributed by atoms with Crippen LogP contribution in [0.4, 0.5) is 0 Å². The molecule has 1 atom stereocenters. The van der Waals surface area contributed by atoms with Gasteiger partial charge in [-0.15, -0.1) is 11.8 Å². The van der Waals surface area contributed by atoms with Gasteiger partial charge in [-0.2, -0.15) is 0 Å². The molecule has 0 nitrogen and oxygen atoms in total. The predicted octanol–water partition coefficient (Wildman–Crippen LogP) is 5.45. The Bertz CT molecular complexity index is 366. The van der Waals surface area contributed by atoms with E-state index < -0.39 is 0 Å². The zero-order chi connectivity index (χ0) is 13.1. The zero-order valence-electron chi connectivity index (χ0n) is 11.5. The van der Waals surface area contributed by atoms with Crippen molar-refractivity contribution in [2.45, 2.75) is 39.5 Å². The maximum atomic E-state index is 3.64. The van der Waals surface area contributed by atoms with Crippen molar-refractivity contribution in [1.29, 1.82) is 0 Å². The number of thioether (sulfide) groups is 1. The molecule has 0 saturated heterocycles. The molecule has 0 amide bonds. The van der Waals surface area contributed by atoms with Crippen molar-refractivity contribution < 1.29 is 0 Å². The van der Waals surface area contributed by atoms with Gasteiger partial charge in [-0.1, -0.05) is 42.8 Å². The fourth-order valence-corrected chi connectivity index (χ4v) is 4.47. The first-order valence-corrected chi connectivity index (χ1v) is 8.21. The van der Waals surface area contributed by atoms with E-state index in [0.29, 0.717) is 11.3 Å². The molecule has 0 aromatic heterocycles. The lowest BCUT2D eigenvalue weighted by Gasteiger charge is -2.28. The van der Waals surface area contributed by atoms with Crippen molar-refractivity contribution in [3.8, 4) is 0 Å². The molecular weight excluding hydrogens is 292 g/mol. The van der Waals surface area contributed by atoms with Crippen LogP contribution in [0.5, 0.6) is 0 Å². The number of benzene rings is 1. The van der Waals surface area contributed by atoms with E-state index in [1.807, 2.05) is 11.8 Å². The van der Waals surface area contributed by atoms with Crippen LogP contribution in [0.2, 0.25) is 0 Å². The molecule has 2 heteroatoms. The maximum Gasteiger partial charge on any atom is 0.00748 e. The summed E-state index contributed by atoms with van der Waals surface area (Å²) in [7, 11) is 0. The highest BCUT2D eigenvalue weighted by Gasteiger charge is 2.23. The van der Waals surface area contributed by atoms with Gasteiger partial charge in [0.25, 0.3) is 0 Å². The van der Waals surface area contributed by atoms with Crippen molar-refractivity contribution in [2.75, 3.05) is 11.1 Å². The molecule has 0 N–H and O–H groups in total. The Morgan fingerprint density at radius 2 is 1.82 bits per heavy atom. The van der Waals surface area contributed by atoms with Crippen LogP contribution in [0.15, 0.2) is 23.1 Å². The molecule has 0 aliphatic rings. The lowest BCUT2D eigenvalue weighted by molar-refractivity contribution is 0.295. The molecule has 0 heterocycles. The molecular formula is C15H23BrS. The van der Waals surface area contributed by atoms with E-state index in [1.165, 1.54) is 21.8 Å². The molecule has 0 saturated carbocycles. The minimum Gasteiger partial charge on any atom is -0.126 e. The highest BCUT2D eigenvalue weighted by atomic mass is 79.9. The molecule has 1 aromatic rings. The van der Waals surface area contributed by atoms with Gasteiger partial charge in [0.05, 0.1) is 0 Å². The first kappa shape index (κ1) is 15.1. The molecule has 96 valence electrons. The van der Waals surface area contributed by atoms with Gasteiger partial charge in [-0.05, 0) is 48.4 Å². The maximum absolute atomic E-state index is 3.64. The second-order valence-corrected chi connectivity index (χ2v) is 7.52. The molecule has 0 bridgehead atoms. The summed E-state index contributed by atoms with van der Waals surface area (Å²) in [6.45, 7) is 11.3. The third-order valence-corrected chi connectivity index (χ3v) is 5.28. The van der Waals surface area contributed by atoms with E-state index in [9.17, 15) is 0 Å². The summed E-state index contributed by atoms with van der Waals surface area (Å²) >= 11 is 5.61. The first-order valence-electron chi connectivity index (χ1n) is 6.10. The highest BCUT2D eigenvalue weighted by molar-refractivity contribution is 9.09. The lowest BCUT2D eigenvalue weighted by atomic mass is 9.83. The molecule has 0 spiro atoms. The van der Waals surface area contributed by atoms with Crippen LogP contribution in [0.25, 0.3) is 0 Å². The third-order valence-electron chi connectivity index (χ3n) is 3.34. The average Bonchev–Trinajstić information content (AvgIpc) is 2.22. The SMILES string of the molecule is Cc1ccc(SCC(CBr)C(C)(C)C)cc1C. The minimum atomic E-state index is 0.371. The van der Waals surface area contributed by atoms with Crippen molar-refractivity contribution in [2.24, 2.45) is 11.3 Å². The molecule has 0 radical (unpaired) electrons. The van der Waals surface area contributed by atoms with Gasteiger partial charge >= 0.3 is 0 Å². The van der Waals surface area contributed by atoms with Crippen LogP contribution < -0.4 is 0 Å². The van der Waals surface area contributed by atoms with E-state index in [1.54, 1.807) is 0 Å². The van der Waals surface area contributed by atoms with Crippen LogP contribution in [-0.4, -0.2) is 11.1 Å². The van der Waals surface area contributed by atoms with Crippen LogP contribution in [0, 0.1) is 25.2 Å². The summed E-state index contributed by atoms with van der Waals surface area (Å²) in [5, 5.41) is 1.08. The molecule has 0 aliphatic carbocycles. The Kier molecular flexibility index (Phi) is 5.59. The Hall–Kier alpha value is 0.0500. The van der Waals surface area contributed by atoms with Crippen molar-refractivity contribution in [3.63, 3.8) is 0 Å². The lowest BCUT2D eigenvalue weighted by Crippen LogP contribution is -2.23. The number of halogens is 1. The molecule has 1 rings (SSSR count). The van der Waals surface area contributed by atoms with E-state index in [2.05, 4.69) is 68.7 Å². The van der Waals surface area contributed by atoms with Crippen molar-refractivity contribution in [1.82, 2.24) is 0 Å². The van der Waals surface area contributed by atoms with Crippen molar-refractivity contribution >= 4 is 27.7 Å². The quantitative estimate of drug-likeness (QED) is 0.526. The molecule has 17 heavy (non-hydrogen) atoms. The predicted molar refractivity (Wildman–Crippen MR) is 83.4 cm³/mol. The third kappa shape index (κ3) is 4.67. The molecule has 1 aromatic carbocycles. The fraction of sp³-hybridized carbons (Fsp3) is 0.600. The van der Waals surface area contributed by atoms with Crippen LogP contribution >= 0.6 is 27.7 Å². The standard InChI is InChI=1S/C15H23BrS/c1-11-6-7-14(8-12(11)2)17-10-13(9-16)15(3,4)5/h6-8,13H,9-10H2,1-5H3. The minimum absolute atomic E-state index is 0.371. The largest absolute Gasteiger partial charge is 0.126 e. The summed E-state index contributed by atoms with van der Waals surface area (Å²) in [6.07, 6.45) is 0. The number of hydrogen-bond donors (Lipinski definition) is 0. The second-order valence-electron chi connectivity index (χ2n) is 5.77. The zero-order valence-corrected chi connectivity index (χ0v) is 13.9. The van der Waals surface area contributed by atoms with Crippen molar-refractivity contribution in [3.05, 3.63) is 29.3 Å². The van der Waals surface area contributed by atoms with E-state index >= 15 is 0 Å². The summed E-state index contributed by atoms with van der Waals surface area (Å²) in [6, 6.07) is 6.76. The first-order chi connectivity index (χ1) is 7.84. The fourth-order valence-electron chi connectivity index (χ4n) is 1.53. The number of hydrogen-bond acceptors (Lipinski definition) is 1. The van der Waals surface area contributed by atoms with Gasteiger partial charge in [0.15, 0.2) is 0 Å².